The number of anilines is 1. The molecule has 3 N–H and O–H groups in total. The minimum atomic E-state index is -0.483. The summed E-state index contributed by atoms with van der Waals surface area (Å²) in [6, 6.07) is 0. The van der Waals surface area contributed by atoms with Crippen LogP contribution in [0, 0.1) is 5.41 Å². The highest BCUT2D eigenvalue weighted by molar-refractivity contribution is 7.13. The second-order valence-electron chi connectivity index (χ2n) is 6.72. The Bertz CT molecular complexity index is 534. The van der Waals surface area contributed by atoms with Crippen LogP contribution in [-0.2, 0) is 4.74 Å². The predicted molar refractivity (Wildman–Crippen MR) is 89.8 cm³/mol. The van der Waals surface area contributed by atoms with E-state index in [2.05, 4.69) is 9.88 Å². The molecule has 0 radical (unpaired) electrons. The molecule has 6 nitrogen and oxygen atoms in total. The SMILES string of the molecule is NC(=O)c1csc(N2CCC(CO)(C[C@H]3CCCCO3)CC2)n1. The van der Waals surface area contributed by atoms with E-state index in [1.54, 1.807) is 5.38 Å². The van der Waals surface area contributed by atoms with Gasteiger partial charge in [0.05, 0.1) is 6.10 Å². The number of rotatable bonds is 5. The molecular formula is C16H25N3O3S. The van der Waals surface area contributed by atoms with Crippen molar-refractivity contribution in [3.05, 3.63) is 11.1 Å². The lowest BCUT2D eigenvalue weighted by Gasteiger charge is -2.43. The maximum absolute atomic E-state index is 11.2. The summed E-state index contributed by atoms with van der Waals surface area (Å²) in [5.74, 6) is -0.483. The third kappa shape index (κ3) is 3.84. The number of carbonyl (C=O) groups excluding carboxylic acids is 1. The number of hydrogen-bond acceptors (Lipinski definition) is 6. The molecule has 0 aliphatic carbocycles. The summed E-state index contributed by atoms with van der Waals surface area (Å²) < 4.78 is 5.86. The summed E-state index contributed by atoms with van der Waals surface area (Å²) in [6.45, 7) is 2.76. The highest BCUT2D eigenvalue weighted by Gasteiger charge is 2.37. The number of nitrogens with two attached hydrogens (primary N) is 1. The molecule has 1 aromatic heterocycles. The number of amides is 1. The standard InChI is InChI=1S/C16H25N3O3S/c17-14(21)13-10-23-15(18-13)19-6-4-16(11-20,5-7-19)9-12-3-1-2-8-22-12/h10,12,20H,1-9,11H2,(H2,17,21)/t12-/m1/s1. The molecule has 3 rings (SSSR count). The van der Waals surface area contributed by atoms with Gasteiger partial charge in [-0.1, -0.05) is 0 Å². The molecule has 2 aliphatic rings. The second kappa shape index (κ2) is 7.15. The van der Waals surface area contributed by atoms with E-state index in [-0.39, 0.29) is 12.0 Å². The molecule has 0 bridgehead atoms. The van der Waals surface area contributed by atoms with Crippen molar-refractivity contribution in [1.29, 1.82) is 0 Å². The fourth-order valence-electron chi connectivity index (χ4n) is 3.57. The maximum Gasteiger partial charge on any atom is 0.268 e. The lowest BCUT2D eigenvalue weighted by molar-refractivity contribution is -0.0355. The van der Waals surface area contributed by atoms with Crippen LogP contribution in [0.4, 0.5) is 5.13 Å². The topological polar surface area (TPSA) is 88.7 Å². The molecule has 0 aromatic carbocycles. The van der Waals surface area contributed by atoms with Crippen molar-refractivity contribution in [2.45, 2.75) is 44.6 Å². The number of aliphatic hydroxyl groups excluding tert-OH is 1. The van der Waals surface area contributed by atoms with E-state index < -0.39 is 5.91 Å². The fourth-order valence-corrected chi connectivity index (χ4v) is 4.44. The number of nitrogens with zero attached hydrogens (tertiary/aromatic N) is 2. The number of aromatic nitrogens is 1. The average molecular weight is 339 g/mol. The molecule has 0 unspecified atom stereocenters. The zero-order valence-electron chi connectivity index (χ0n) is 13.4. The molecule has 3 heterocycles. The van der Waals surface area contributed by atoms with Crippen LogP contribution in [0.1, 0.15) is 49.0 Å². The lowest BCUT2D eigenvalue weighted by Crippen LogP contribution is -2.44. The van der Waals surface area contributed by atoms with Gasteiger partial charge in [-0.2, -0.15) is 0 Å². The maximum atomic E-state index is 11.2. The van der Waals surface area contributed by atoms with Gasteiger partial charge in [0.25, 0.3) is 5.91 Å². The summed E-state index contributed by atoms with van der Waals surface area (Å²) in [7, 11) is 0. The van der Waals surface area contributed by atoms with Crippen LogP contribution in [-0.4, -0.2) is 48.4 Å². The van der Waals surface area contributed by atoms with Crippen molar-refractivity contribution in [2.75, 3.05) is 31.2 Å². The van der Waals surface area contributed by atoms with Gasteiger partial charge in [-0.25, -0.2) is 4.98 Å². The highest BCUT2D eigenvalue weighted by Crippen LogP contribution is 2.39. The predicted octanol–water partition coefficient (Wildman–Crippen LogP) is 1.78. The molecule has 1 atom stereocenters. The van der Waals surface area contributed by atoms with Gasteiger partial charge in [0.1, 0.15) is 5.69 Å². The van der Waals surface area contributed by atoms with E-state index in [1.807, 2.05) is 0 Å². The molecule has 23 heavy (non-hydrogen) atoms. The summed E-state index contributed by atoms with van der Waals surface area (Å²) >= 11 is 1.45. The Kier molecular flexibility index (Phi) is 5.18. The Morgan fingerprint density at radius 2 is 2.26 bits per heavy atom. The third-order valence-electron chi connectivity index (χ3n) is 5.11. The van der Waals surface area contributed by atoms with Gasteiger partial charge in [0.15, 0.2) is 5.13 Å². The van der Waals surface area contributed by atoms with E-state index in [0.29, 0.717) is 11.8 Å². The molecule has 128 valence electrons. The first-order chi connectivity index (χ1) is 11.1. The van der Waals surface area contributed by atoms with Crippen LogP contribution < -0.4 is 10.6 Å². The van der Waals surface area contributed by atoms with Gasteiger partial charge < -0.3 is 20.5 Å². The molecule has 2 fully saturated rings. The monoisotopic (exact) mass is 339 g/mol. The van der Waals surface area contributed by atoms with Gasteiger partial charge in [-0.15, -0.1) is 11.3 Å². The zero-order chi connectivity index (χ0) is 16.3. The van der Waals surface area contributed by atoms with Crippen molar-refractivity contribution in [1.82, 2.24) is 4.98 Å². The zero-order valence-corrected chi connectivity index (χ0v) is 14.2. The molecule has 2 aliphatic heterocycles. The molecule has 1 aromatic rings. The Labute approximate surface area is 140 Å². The first-order valence-electron chi connectivity index (χ1n) is 8.35. The van der Waals surface area contributed by atoms with Gasteiger partial charge in [0, 0.05) is 31.7 Å². The number of ether oxygens (including phenoxy) is 1. The van der Waals surface area contributed by atoms with Crippen LogP contribution in [0.3, 0.4) is 0 Å². The number of primary amides is 1. The first-order valence-corrected chi connectivity index (χ1v) is 9.23. The Balaban J connectivity index is 1.59. The second-order valence-corrected chi connectivity index (χ2v) is 7.55. The van der Waals surface area contributed by atoms with Crippen LogP contribution in [0.2, 0.25) is 0 Å². The van der Waals surface area contributed by atoms with Crippen molar-refractivity contribution in [2.24, 2.45) is 11.1 Å². The Morgan fingerprint density at radius 3 is 2.83 bits per heavy atom. The van der Waals surface area contributed by atoms with E-state index in [4.69, 9.17) is 10.5 Å². The third-order valence-corrected chi connectivity index (χ3v) is 6.01. The minimum absolute atomic E-state index is 0.0394. The average Bonchev–Trinajstić information content (AvgIpc) is 3.07. The van der Waals surface area contributed by atoms with Crippen molar-refractivity contribution < 1.29 is 14.6 Å². The van der Waals surface area contributed by atoms with Crippen LogP contribution in [0.5, 0.6) is 0 Å². The quantitative estimate of drug-likeness (QED) is 0.853. The van der Waals surface area contributed by atoms with Crippen LogP contribution in [0.15, 0.2) is 5.38 Å². The summed E-state index contributed by atoms with van der Waals surface area (Å²) in [6.07, 6.45) is 6.59. The summed E-state index contributed by atoms with van der Waals surface area (Å²) in [5, 5.41) is 12.5. The number of aliphatic hydroxyl groups is 1. The van der Waals surface area contributed by atoms with Gasteiger partial charge in [-0.05, 0) is 43.9 Å². The summed E-state index contributed by atoms with van der Waals surface area (Å²) in [4.78, 5) is 17.7. The van der Waals surface area contributed by atoms with E-state index in [1.165, 1.54) is 17.8 Å². The number of carbonyl (C=O) groups is 1. The van der Waals surface area contributed by atoms with E-state index in [0.717, 1.165) is 56.9 Å². The fraction of sp³-hybridized carbons (Fsp3) is 0.750. The molecule has 0 saturated carbocycles. The molecule has 1 amide bonds. The smallest absolute Gasteiger partial charge is 0.268 e. The van der Waals surface area contributed by atoms with Gasteiger partial charge in [-0.3, -0.25) is 4.79 Å². The number of piperidine rings is 1. The molecular weight excluding hydrogens is 314 g/mol. The number of thiazole rings is 1. The van der Waals surface area contributed by atoms with Crippen LogP contribution >= 0.6 is 11.3 Å². The van der Waals surface area contributed by atoms with Crippen molar-refractivity contribution in [3.63, 3.8) is 0 Å². The van der Waals surface area contributed by atoms with E-state index in [9.17, 15) is 9.90 Å². The molecule has 2 saturated heterocycles. The Hall–Kier alpha value is -1.18. The first kappa shape index (κ1) is 16.7. The normalized spacial score (nSPS) is 24.6. The largest absolute Gasteiger partial charge is 0.396 e. The van der Waals surface area contributed by atoms with Gasteiger partial charge in [0.2, 0.25) is 0 Å². The molecule has 7 heteroatoms. The number of hydrogen-bond donors (Lipinski definition) is 2. The van der Waals surface area contributed by atoms with Gasteiger partial charge >= 0.3 is 0 Å². The molecule has 0 spiro atoms. The lowest BCUT2D eigenvalue weighted by atomic mass is 9.74. The highest BCUT2D eigenvalue weighted by atomic mass is 32.1. The Morgan fingerprint density at radius 1 is 1.48 bits per heavy atom. The summed E-state index contributed by atoms with van der Waals surface area (Å²) in [5.41, 5.74) is 5.56. The van der Waals surface area contributed by atoms with E-state index >= 15 is 0 Å². The van der Waals surface area contributed by atoms with Crippen molar-refractivity contribution >= 4 is 22.4 Å². The van der Waals surface area contributed by atoms with Crippen molar-refractivity contribution in [3.8, 4) is 0 Å². The minimum Gasteiger partial charge on any atom is -0.396 e. The van der Waals surface area contributed by atoms with Crippen LogP contribution in [0.25, 0.3) is 0 Å².